The van der Waals surface area contributed by atoms with Crippen LogP contribution >= 0.6 is 0 Å². The molecule has 2 bridgehead atoms. The Morgan fingerprint density at radius 2 is 1.86 bits per heavy atom. The number of fused-ring (bicyclic) bond motifs is 1. The number of aliphatic hydroxyl groups is 1. The van der Waals surface area contributed by atoms with Gasteiger partial charge in [-0.3, -0.25) is 0 Å². The second-order valence-electron chi connectivity index (χ2n) is 12.7. The Bertz CT molecular complexity index is 1590. The van der Waals surface area contributed by atoms with E-state index in [4.69, 9.17) is 9.47 Å². The van der Waals surface area contributed by atoms with E-state index in [1.165, 1.54) is 0 Å². The fourth-order valence-electron chi connectivity index (χ4n) is 8.73. The summed E-state index contributed by atoms with van der Waals surface area (Å²) in [6.07, 6.45) is 10.4. The highest BCUT2D eigenvalue weighted by molar-refractivity contribution is 6.06. The van der Waals surface area contributed by atoms with Gasteiger partial charge in [-0.05, 0) is 104 Å². The number of esters is 2. The van der Waals surface area contributed by atoms with Gasteiger partial charge in [0.15, 0.2) is 0 Å². The molecule has 1 saturated carbocycles. The van der Waals surface area contributed by atoms with Crippen molar-refractivity contribution in [1.29, 1.82) is 0 Å². The molecule has 2 aromatic carbocycles. The Morgan fingerprint density at radius 3 is 2.63 bits per heavy atom. The molecule has 4 aliphatic carbocycles. The second-order valence-corrected chi connectivity index (χ2v) is 12.7. The summed E-state index contributed by atoms with van der Waals surface area (Å²) in [5, 5.41) is 20.4. The number of aliphatic hydroxyl groups excluding tert-OH is 1. The van der Waals surface area contributed by atoms with Gasteiger partial charge in [0.25, 0.3) is 0 Å². The molecule has 2 heterocycles. The Balaban J connectivity index is 1.44. The van der Waals surface area contributed by atoms with Gasteiger partial charge in [-0.25, -0.2) is 9.59 Å². The molecule has 0 radical (unpaired) electrons. The van der Waals surface area contributed by atoms with Crippen molar-refractivity contribution in [3.8, 4) is 5.75 Å². The molecular formula is C37H38O6. The normalized spacial score (nSPS) is 30.0. The summed E-state index contributed by atoms with van der Waals surface area (Å²) < 4.78 is 12.2. The lowest BCUT2D eigenvalue weighted by atomic mass is 9.44. The first-order valence-corrected chi connectivity index (χ1v) is 15.7. The maximum atomic E-state index is 14.0. The maximum Gasteiger partial charge on any atom is 0.340 e. The predicted octanol–water partition coefficient (Wildman–Crippen LogP) is 6.80. The van der Waals surface area contributed by atoms with Crippen LogP contribution in [0.25, 0.3) is 5.57 Å². The van der Waals surface area contributed by atoms with Gasteiger partial charge in [-0.15, -0.1) is 0 Å². The molecule has 6 heteroatoms. The highest BCUT2D eigenvalue weighted by atomic mass is 16.5. The molecule has 43 heavy (non-hydrogen) atoms. The minimum atomic E-state index is -0.804. The van der Waals surface area contributed by atoms with Crippen LogP contribution in [0.4, 0.5) is 0 Å². The van der Waals surface area contributed by atoms with E-state index in [-0.39, 0.29) is 48.0 Å². The number of carbonyl (C=O) groups is 2. The molecule has 6 aliphatic rings. The zero-order chi connectivity index (χ0) is 29.7. The smallest absolute Gasteiger partial charge is 0.340 e. The van der Waals surface area contributed by atoms with E-state index in [9.17, 15) is 19.8 Å². The molecular weight excluding hydrogens is 540 g/mol. The number of hydrogen-bond acceptors (Lipinski definition) is 6. The summed E-state index contributed by atoms with van der Waals surface area (Å²) in [7, 11) is 0. The highest BCUT2D eigenvalue weighted by Crippen LogP contribution is 2.71. The number of benzene rings is 2. The molecule has 0 unspecified atom stereocenters. The van der Waals surface area contributed by atoms with E-state index in [0.717, 1.165) is 60.0 Å². The molecule has 5 atom stereocenters. The number of phenolic OH excluding ortho intramolecular Hbond substituents is 1. The number of rotatable bonds is 8. The lowest BCUT2D eigenvalue weighted by Crippen LogP contribution is -2.52. The lowest BCUT2D eigenvalue weighted by Gasteiger charge is -2.56. The molecule has 222 valence electrons. The zero-order valence-electron chi connectivity index (χ0n) is 24.6. The van der Waals surface area contributed by atoms with Gasteiger partial charge in [0.1, 0.15) is 17.3 Å². The standard InChI is InChI=1S/C37H38O6/c1-2-3-12-29-28-14-13-27-26-15-17-37(33(27)32(28)35(40)42-29)30(20-23(16-18-38)19-22-8-5-4-6-9-22)43-36(41)34(37)31(26)24-10-7-11-25(39)21-24/h4-12,20-21,23,26-27,33,38-39H,2-3,13-19H2,1H3/t23-,26+,27+,33+,37+/m1/s1. The van der Waals surface area contributed by atoms with E-state index in [2.05, 4.69) is 25.1 Å². The molecule has 2 aromatic rings. The predicted molar refractivity (Wildman–Crippen MR) is 162 cm³/mol. The summed E-state index contributed by atoms with van der Waals surface area (Å²) in [5.41, 5.74) is 4.49. The number of ether oxygens (including phenoxy) is 2. The van der Waals surface area contributed by atoms with Gasteiger partial charge in [0.05, 0.1) is 11.0 Å². The first-order valence-electron chi connectivity index (χ1n) is 15.7. The van der Waals surface area contributed by atoms with Gasteiger partial charge in [0.2, 0.25) is 0 Å². The average molecular weight is 579 g/mol. The monoisotopic (exact) mass is 578 g/mol. The summed E-state index contributed by atoms with van der Waals surface area (Å²) in [6, 6.07) is 17.3. The molecule has 0 amide bonds. The Hall–Kier alpha value is -3.90. The molecule has 2 N–H and O–H groups in total. The minimum absolute atomic E-state index is 0.0147. The van der Waals surface area contributed by atoms with E-state index >= 15 is 0 Å². The van der Waals surface area contributed by atoms with Crippen LogP contribution in [-0.2, 0) is 25.5 Å². The number of hydrogen-bond donors (Lipinski definition) is 2. The fourth-order valence-corrected chi connectivity index (χ4v) is 8.73. The number of phenols is 1. The van der Waals surface area contributed by atoms with Crippen molar-refractivity contribution in [3.63, 3.8) is 0 Å². The van der Waals surface area contributed by atoms with Crippen molar-refractivity contribution in [1.82, 2.24) is 0 Å². The third kappa shape index (κ3) is 4.41. The topological polar surface area (TPSA) is 93.1 Å². The number of unbranched alkanes of at least 4 members (excludes halogenated alkanes) is 1. The van der Waals surface area contributed by atoms with Crippen molar-refractivity contribution in [2.24, 2.45) is 29.1 Å². The van der Waals surface area contributed by atoms with E-state index in [0.29, 0.717) is 36.4 Å². The Morgan fingerprint density at radius 1 is 1.02 bits per heavy atom. The average Bonchev–Trinajstić information content (AvgIpc) is 3.49. The Kier molecular flexibility index (Phi) is 7.13. The quantitative estimate of drug-likeness (QED) is 0.335. The number of allylic oxidation sites excluding steroid dienone is 5. The van der Waals surface area contributed by atoms with Gasteiger partial charge >= 0.3 is 11.9 Å². The SMILES string of the molecule is CCCC=C1OC(=O)C2=C1CC[C@H]1[C@@H]3CC[C@]4(C(=C[C@H](CCO)Cc5ccccc5)OC(=O)C4=C3c3cccc(O)c3)[C@H]21. The third-order valence-corrected chi connectivity index (χ3v) is 10.3. The van der Waals surface area contributed by atoms with Crippen molar-refractivity contribution < 1.29 is 29.3 Å². The van der Waals surface area contributed by atoms with Crippen LogP contribution in [0.5, 0.6) is 5.75 Å². The zero-order valence-corrected chi connectivity index (χ0v) is 24.6. The molecule has 0 aromatic heterocycles. The fraction of sp³-hybridized carbons (Fsp3) is 0.405. The van der Waals surface area contributed by atoms with E-state index in [1.54, 1.807) is 12.1 Å². The largest absolute Gasteiger partial charge is 0.508 e. The lowest BCUT2D eigenvalue weighted by molar-refractivity contribution is -0.135. The van der Waals surface area contributed by atoms with Crippen LogP contribution in [0.2, 0.25) is 0 Å². The molecule has 8 rings (SSSR count). The van der Waals surface area contributed by atoms with E-state index < -0.39 is 5.41 Å². The van der Waals surface area contributed by atoms with Gasteiger partial charge in [0, 0.05) is 23.7 Å². The van der Waals surface area contributed by atoms with Gasteiger partial charge in [-0.2, -0.15) is 0 Å². The second kappa shape index (κ2) is 11.0. The van der Waals surface area contributed by atoms with Crippen molar-refractivity contribution in [2.45, 2.75) is 58.3 Å². The van der Waals surface area contributed by atoms with Crippen molar-refractivity contribution in [3.05, 3.63) is 106 Å². The van der Waals surface area contributed by atoms with Crippen LogP contribution in [0.1, 0.15) is 63.0 Å². The molecule has 2 aliphatic heterocycles. The molecule has 2 fully saturated rings. The van der Waals surface area contributed by atoms with Crippen LogP contribution in [-0.4, -0.2) is 28.8 Å². The minimum Gasteiger partial charge on any atom is -0.508 e. The summed E-state index contributed by atoms with van der Waals surface area (Å²) in [4.78, 5) is 27.7. The summed E-state index contributed by atoms with van der Waals surface area (Å²) >= 11 is 0. The first kappa shape index (κ1) is 27.9. The van der Waals surface area contributed by atoms with E-state index in [1.807, 2.05) is 36.4 Å². The van der Waals surface area contributed by atoms with Crippen LogP contribution in [0.3, 0.4) is 0 Å². The van der Waals surface area contributed by atoms with Crippen molar-refractivity contribution >= 4 is 17.5 Å². The van der Waals surface area contributed by atoms with Crippen LogP contribution in [0.15, 0.2) is 95.0 Å². The Labute approximate surface area is 252 Å². The van der Waals surface area contributed by atoms with Crippen molar-refractivity contribution in [2.75, 3.05) is 6.61 Å². The first-order chi connectivity index (χ1) is 21.0. The third-order valence-electron chi connectivity index (χ3n) is 10.3. The van der Waals surface area contributed by atoms with Gasteiger partial charge in [-0.1, -0.05) is 55.8 Å². The number of carbonyl (C=O) groups excluding carboxylic acids is 2. The summed E-state index contributed by atoms with van der Waals surface area (Å²) in [5.74, 6) is 0.723. The molecule has 6 nitrogen and oxygen atoms in total. The number of cyclic esters (lactones) is 2. The molecule has 1 saturated heterocycles. The van der Waals surface area contributed by atoms with Crippen LogP contribution in [0, 0.1) is 29.1 Å². The maximum absolute atomic E-state index is 14.0. The highest BCUT2D eigenvalue weighted by Gasteiger charge is 2.68. The van der Waals surface area contributed by atoms with Crippen LogP contribution < -0.4 is 0 Å². The summed E-state index contributed by atoms with van der Waals surface area (Å²) in [6.45, 7) is 2.12. The number of aromatic hydroxyl groups is 1. The molecule has 1 spiro atoms. The van der Waals surface area contributed by atoms with Gasteiger partial charge < -0.3 is 19.7 Å².